The summed E-state index contributed by atoms with van der Waals surface area (Å²) in [6, 6.07) is 0. The van der Waals surface area contributed by atoms with Crippen LogP contribution in [0, 0.1) is 0 Å². The van der Waals surface area contributed by atoms with E-state index in [2.05, 4.69) is 27.7 Å². The summed E-state index contributed by atoms with van der Waals surface area (Å²) in [7, 11) is 0. The number of carbonyl (C=O) groups excluding carboxylic acids is 4. The van der Waals surface area contributed by atoms with Crippen molar-refractivity contribution in [2.24, 2.45) is 0 Å². The lowest BCUT2D eigenvalue weighted by atomic mass is 10.1. The van der Waals surface area contributed by atoms with Gasteiger partial charge < -0.3 is 28.0 Å². The predicted molar refractivity (Wildman–Crippen MR) is 290 cm³/mol. The van der Waals surface area contributed by atoms with Crippen molar-refractivity contribution in [1.82, 2.24) is 0 Å². The molecule has 390 valence electrons. The Balaban J connectivity index is 4.76. The van der Waals surface area contributed by atoms with E-state index >= 15 is 0 Å². The van der Waals surface area contributed by atoms with Crippen molar-refractivity contribution in [2.75, 3.05) is 62.7 Å². The van der Waals surface area contributed by atoms with Gasteiger partial charge in [-0.1, -0.05) is 214 Å². The molecular formula is C50H96O10P2S4. The predicted octanol–water partition coefficient (Wildman–Crippen LogP) is 17.1. The first kappa shape index (κ1) is 66.1. The molecule has 0 aromatic carbocycles. The van der Waals surface area contributed by atoms with Gasteiger partial charge in [-0.05, 0) is 38.5 Å². The molecule has 0 saturated carbocycles. The second kappa shape index (κ2) is 54.4. The smallest absolute Gasteiger partial charge is 0.306 e. The minimum absolute atomic E-state index is 0.153. The first-order valence-corrected chi connectivity index (χ1v) is 35.2. The molecule has 0 aliphatic heterocycles. The average Bonchev–Trinajstić information content (AvgIpc) is 3.30. The normalized spacial score (nSPS) is 11.4. The van der Waals surface area contributed by atoms with Crippen LogP contribution >= 0.6 is 58.6 Å². The lowest BCUT2D eigenvalue weighted by Crippen LogP contribution is -2.07. The van der Waals surface area contributed by atoms with Crippen LogP contribution in [0.15, 0.2) is 0 Å². The molecular weight excluding hydrogens is 951 g/mol. The van der Waals surface area contributed by atoms with E-state index in [4.69, 9.17) is 28.0 Å². The number of hydrogen-bond donors (Lipinski definition) is 0. The molecule has 0 heterocycles. The number of hydrogen-bond acceptors (Lipinski definition) is 14. The molecule has 0 atom stereocenters. The first-order valence-electron chi connectivity index (χ1n) is 26.4. The largest absolute Gasteiger partial charge is 0.466 e. The van der Waals surface area contributed by atoms with Crippen LogP contribution < -0.4 is 0 Å². The summed E-state index contributed by atoms with van der Waals surface area (Å²) in [6.45, 7) is 10.2. The SMILES string of the molecule is CCCCCCCCOC(=O)CCSP(OCCCCCCOP(SCCC(=O)OCCCCCCCC)SCCC(=O)OCCCCCCCC)SCCC(=O)OCCCCCCCC. The van der Waals surface area contributed by atoms with E-state index < -0.39 is 13.1 Å². The maximum Gasteiger partial charge on any atom is 0.306 e. The van der Waals surface area contributed by atoms with E-state index in [0.29, 0.717) is 88.3 Å². The Kier molecular flexibility index (Phi) is 54.4. The van der Waals surface area contributed by atoms with Crippen molar-refractivity contribution >= 4 is 82.5 Å². The lowest BCUT2D eigenvalue weighted by Gasteiger charge is -2.17. The minimum atomic E-state index is -0.921. The highest BCUT2D eigenvalue weighted by atomic mass is 33.1. The number of unbranched alkanes of at least 4 members (excludes halogenated alkanes) is 23. The highest BCUT2D eigenvalue weighted by Gasteiger charge is 2.17. The fraction of sp³-hybridized carbons (Fsp3) is 0.920. The zero-order valence-electron chi connectivity index (χ0n) is 42.3. The van der Waals surface area contributed by atoms with Crippen molar-refractivity contribution in [3.8, 4) is 0 Å². The number of esters is 4. The maximum atomic E-state index is 12.4. The summed E-state index contributed by atoms with van der Waals surface area (Å²) in [6.07, 6.45) is 33.1. The second-order valence-corrected chi connectivity index (χ2v) is 29.4. The van der Waals surface area contributed by atoms with Crippen molar-refractivity contribution < 1.29 is 47.2 Å². The van der Waals surface area contributed by atoms with Gasteiger partial charge in [0.25, 0.3) is 0 Å². The molecule has 0 N–H and O–H groups in total. The van der Waals surface area contributed by atoms with Crippen LogP contribution in [0.3, 0.4) is 0 Å². The van der Waals surface area contributed by atoms with Gasteiger partial charge in [0.05, 0.1) is 65.3 Å². The molecule has 16 heteroatoms. The number of carbonyl (C=O) groups is 4. The number of rotatable bonds is 53. The maximum absolute atomic E-state index is 12.4. The van der Waals surface area contributed by atoms with Gasteiger partial charge in [-0.2, -0.15) is 0 Å². The molecule has 0 spiro atoms. The Morgan fingerprint density at radius 2 is 0.485 bits per heavy atom. The summed E-state index contributed by atoms with van der Waals surface area (Å²) >= 11 is 6.66. The van der Waals surface area contributed by atoms with Gasteiger partial charge in [-0.3, -0.25) is 19.2 Å². The standard InChI is InChI=1S/C50H96O10P2S4/c1-5-9-13-17-21-27-37-55-47(51)33-43-63-61(64-44-34-48(52)56-38-28-22-18-14-10-6-2)59-41-31-25-26-32-42-60-62(65-45-35-49(53)57-39-29-23-19-15-11-7-3)66-46-36-50(54)58-40-30-24-20-16-12-8-4/h5-46H2,1-4H3. The third-order valence-corrected chi connectivity index (χ3v) is 23.4. The zero-order valence-corrected chi connectivity index (χ0v) is 47.4. The van der Waals surface area contributed by atoms with Crippen molar-refractivity contribution in [1.29, 1.82) is 0 Å². The molecule has 0 aliphatic rings. The van der Waals surface area contributed by atoms with Crippen molar-refractivity contribution in [3.05, 3.63) is 0 Å². The molecule has 0 amide bonds. The van der Waals surface area contributed by atoms with E-state index in [0.717, 1.165) is 77.0 Å². The monoisotopic (exact) mass is 1050 g/mol. The van der Waals surface area contributed by atoms with Crippen LogP contribution in [-0.4, -0.2) is 86.5 Å². The Morgan fingerprint density at radius 3 is 0.712 bits per heavy atom. The third kappa shape index (κ3) is 50.4. The van der Waals surface area contributed by atoms with E-state index in [1.807, 2.05) is 0 Å². The van der Waals surface area contributed by atoms with Crippen LogP contribution in [0.2, 0.25) is 0 Å². The highest BCUT2D eigenvalue weighted by molar-refractivity contribution is 8.87. The summed E-state index contributed by atoms with van der Waals surface area (Å²) in [5.74, 6) is 1.92. The molecule has 0 fully saturated rings. The van der Waals surface area contributed by atoms with E-state index in [1.54, 1.807) is 45.5 Å². The first-order chi connectivity index (χ1) is 32.4. The second-order valence-electron chi connectivity index (χ2n) is 16.8. The van der Waals surface area contributed by atoms with Gasteiger partial charge in [0.15, 0.2) is 13.1 Å². The molecule has 0 aromatic heterocycles. The van der Waals surface area contributed by atoms with Gasteiger partial charge in [0.1, 0.15) is 0 Å². The van der Waals surface area contributed by atoms with Crippen molar-refractivity contribution in [2.45, 2.75) is 233 Å². The molecule has 0 aliphatic carbocycles. The van der Waals surface area contributed by atoms with Gasteiger partial charge in [-0.15, -0.1) is 0 Å². The minimum Gasteiger partial charge on any atom is -0.466 e. The Hall–Kier alpha value is 0.0600. The fourth-order valence-corrected chi connectivity index (χ4v) is 18.2. The molecule has 66 heavy (non-hydrogen) atoms. The fourth-order valence-electron chi connectivity index (χ4n) is 6.44. The molecule has 0 saturated heterocycles. The topological polar surface area (TPSA) is 124 Å². The van der Waals surface area contributed by atoms with Crippen LogP contribution in [-0.2, 0) is 47.2 Å². The van der Waals surface area contributed by atoms with Crippen LogP contribution in [0.25, 0.3) is 0 Å². The van der Waals surface area contributed by atoms with E-state index in [1.165, 1.54) is 103 Å². The van der Waals surface area contributed by atoms with Crippen molar-refractivity contribution in [3.63, 3.8) is 0 Å². The average molecular weight is 1050 g/mol. The molecule has 0 unspecified atom stereocenters. The van der Waals surface area contributed by atoms with Gasteiger partial charge in [0, 0.05) is 23.0 Å². The summed E-state index contributed by atoms with van der Waals surface area (Å²) in [5, 5.41) is 0. The summed E-state index contributed by atoms with van der Waals surface area (Å²) in [5.41, 5.74) is 0. The Morgan fingerprint density at radius 1 is 0.288 bits per heavy atom. The molecule has 0 radical (unpaired) electrons. The van der Waals surface area contributed by atoms with Gasteiger partial charge >= 0.3 is 23.9 Å². The quantitative estimate of drug-likeness (QED) is 0.0248. The lowest BCUT2D eigenvalue weighted by molar-refractivity contribution is -0.144. The molecule has 0 aromatic rings. The molecule has 0 rings (SSSR count). The van der Waals surface area contributed by atoms with Gasteiger partial charge in [-0.25, -0.2) is 0 Å². The molecule has 10 nitrogen and oxygen atoms in total. The van der Waals surface area contributed by atoms with Crippen LogP contribution in [0.5, 0.6) is 0 Å². The number of ether oxygens (including phenoxy) is 4. The zero-order chi connectivity index (χ0) is 48.2. The molecule has 0 bridgehead atoms. The highest BCUT2D eigenvalue weighted by Crippen LogP contribution is 2.63. The van der Waals surface area contributed by atoms with Crippen LogP contribution in [0.1, 0.15) is 233 Å². The van der Waals surface area contributed by atoms with E-state index in [-0.39, 0.29) is 23.9 Å². The Bertz CT molecular complexity index is 946. The van der Waals surface area contributed by atoms with Gasteiger partial charge in [0.2, 0.25) is 0 Å². The summed E-state index contributed by atoms with van der Waals surface area (Å²) in [4.78, 5) is 49.7. The Labute approximate surface area is 423 Å². The summed E-state index contributed by atoms with van der Waals surface area (Å²) < 4.78 is 34.6. The third-order valence-electron chi connectivity index (χ3n) is 10.5. The van der Waals surface area contributed by atoms with Crippen LogP contribution in [0.4, 0.5) is 0 Å². The van der Waals surface area contributed by atoms with E-state index in [9.17, 15) is 19.2 Å².